The minimum absolute atomic E-state index is 0.193. The summed E-state index contributed by atoms with van der Waals surface area (Å²) in [7, 11) is 0. The number of benzene rings is 1. The van der Waals surface area contributed by atoms with Crippen molar-refractivity contribution < 1.29 is 23.8 Å². The van der Waals surface area contributed by atoms with E-state index < -0.39 is 5.54 Å². The van der Waals surface area contributed by atoms with Crippen LogP contribution in [0.4, 0.5) is 4.79 Å². The second-order valence-corrected chi connectivity index (χ2v) is 8.22. The highest BCUT2D eigenvalue weighted by Crippen LogP contribution is 2.38. The lowest BCUT2D eigenvalue weighted by Crippen LogP contribution is -2.51. The number of carbonyl (C=O) groups is 2. The number of imide groups is 1. The molecule has 0 bridgehead atoms. The molecule has 3 saturated heterocycles. The van der Waals surface area contributed by atoms with Gasteiger partial charge in [0.25, 0.3) is 5.91 Å². The van der Waals surface area contributed by atoms with Crippen molar-refractivity contribution in [1.82, 2.24) is 19.6 Å². The maximum Gasteiger partial charge on any atom is 0.330 e. The third-order valence-corrected chi connectivity index (χ3v) is 6.28. The number of hydrogen-bond donors (Lipinski definition) is 0. The highest BCUT2D eigenvalue weighted by molar-refractivity contribution is 6.07. The van der Waals surface area contributed by atoms with E-state index in [4.69, 9.17) is 14.2 Å². The normalized spacial score (nSPS) is 26.0. The second kappa shape index (κ2) is 9.52. The summed E-state index contributed by atoms with van der Waals surface area (Å²) in [6.07, 6.45) is 0. The Morgan fingerprint density at radius 1 is 0.903 bits per heavy atom. The molecule has 3 aliphatic rings. The summed E-state index contributed by atoms with van der Waals surface area (Å²) in [6, 6.07) is 7.25. The minimum Gasteiger partial charge on any atom is -0.494 e. The predicted molar refractivity (Wildman–Crippen MR) is 114 cm³/mol. The predicted octanol–water partition coefficient (Wildman–Crippen LogP) is 1.14. The minimum atomic E-state index is -1.08. The van der Waals surface area contributed by atoms with Crippen molar-refractivity contribution in [3.63, 3.8) is 0 Å². The van der Waals surface area contributed by atoms with Gasteiger partial charge in [-0.2, -0.15) is 0 Å². The topological polar surface area (TPSA) is 74.8 Å². The molecule has 3 fully saturated rings. The number of urea groups is 1. The number of rotatable bonds is 7. The van der Waals surface area contributed by atoms with Crippen LogP contribution in [-0.2, 0) is 19.8 Å². The largest absolute Gasteiger partial charge is 0.494 e. The van der Waals surface area contributed by atoms with Gasteiger partial charge in [-0.15, -0.1) is 0 Å². The van der Waals surface area contributed by atoms with Crippen LogP contribution in [0.5, 0.6) is 5.75 Å². The Labute approximate surface area is 183 Å². The lowest BCUT2D eigenvalue weighted by Gasteiger charge is -2.37. The van der Waals surface area contributed by atoms with Crippen LogP contribution in [0.25, 0.3) is 0 Å². The molecule has 170 valence electrons. The van der Waals surface area contributed by atoms with Crippen LogP contribution in [0.3, 0.4) is 0 Å². The molecule has 0 unspecified atom stereocenters. The molecule has 1 atom stereocenters. The van der Waals surface area contributed by atoms with Gasteiger partial charge >= 0.3 is 6.03 Å². The summed E-state index contributed by atoms with van der Waals surface area (Å²) < 4.78 is 16.4. The lowest BCUT2D eigenvalue weighted by molar-refractivity contribution is -0.135. The van der Waals surface area contributed by atoms with E-state index in [-0.39, 0.29) is 18.6 Å². The first-order valence-electron chi connectivity index (χ1n) is 11.0. The molecule has 0 radical (unpaired) electrons. The van der Waals surface area contributed by atoms with Gasteiger partial charge in [0.1, 0.15) is 11.3 Å². The Kier molecular flexibility index (Phi) is 6.76. The Balaban J connectivity index is 1.62. The molecular weight excluding hydrogens is 400 g/mol. The zero-order valence-corrected chi connectivity index (χ0v) is 18.4. The quantitative estimate of drug-likeness (QED) is 0.598. The van der Waals surface area contributed by atoms with E-state index in [9.17, 15) is 9.59 Å². The second-order valence-electron chi connectivity index (χ2n) is 8.22. The maximum absolute atomic E-state index is 13.7. The van der Waals surface area contributed by atoms with Crippen LogP contribution in [0.1, 0.15) is 19.4 Å². The number of carbonyl (C=O) groups excluding carboxylic acids is 2. The van der Waals surface area contributed by atoms with Gasteiger partial charge in [-0.05, 0) is 31.5 Å². The van der Waals surface area contributed by atoms with Crippen molar-refractivity contribution in [3.8, 4) is 5.75 Å². The third kappa shape index (κ3) is 4.41. The Morgan fingerprint density at radius 3 is 2.00 bits per heavy atom. The fraction of sp³-hybridized carbons (Fsp3) is 0.636. The standard InChI is InChI=1S/C22H32N4O5/c1-3-31-19-6-4-18(5-7-19)22(2)20(27)25(16-23-8-12-29-13-9-23)21(28)26(22)17-24-10-14-30-15-11-24/h4-7H,3,8-17H2,1-2H3/t22-/m1/s1. The molecule has 0 aliphatic carbocycles. The average molecular weight is 433 g/mol. The summed E-state index contributed by atoms with van der Waals surface area (Å²) in [6.45, 7) is 10.4. The zero-order valence-electron chi connectivity index (χ0n) is 18.4. The van der Waals surface area contributed by atoms with Gasteiger partial charge in [-0.25, -0.2) is 9.69 Å². The highest BCUT2D eigenvalue weighted by Gasteiger charge is 2.56. The molecule has 0 spiro atoms. The van der Waals surface area contributed by atoms with E-state index in [1.165, 1.54) is 4.90 Å². The Bertz CT molecular complexity index is 777. The van der Waals surface area contributed by atoms with Crippen LogP contribution >= 0.6 is 0 Å². The van der Waals surface area contributed by atoms with Gasteiger partial charge in [-0.1, -0.05) is 12.1 Å². The molecule has 3 heterocycles. The monoisotopic (exact) mass is 432 g/mol. The fourth-order valence-corrected chi connectivity index (χ4v) is 4.34. The van der Waals surface area contributed by atoms with E-state index in [2.05, 4.69) is 9.80 Å². The van der Waals surface area contributed by atoms with Crippen LogP contribution in [0, 0.1) is 0 Å². The first-order valence-corrected chi connectivity index (χ1v) is 11.0. The van der Waals surface area contributed by atoms with Crippen molar-refractivity contribution in [2.24, 2.45) is 0 Å². The van der Waals surface area contributed by atoms with Crippen molar-refractivity contribution >= 4 is 11.9 Å². The van der Waals surface area contributed by atoms with Gasteiger partial charge in [0.05, 0.1) is 46.4 Å². The van der Waals surface area contributed by atoms with Gasteiger partial charge in [0.15, 0.2) is 0 Å². The molecule has 0 aromatic heterocycles. The number of amides is 3. The molecule has 1 aromatic rings. The van der Waals surface area contributed by atoms with E-state index in [1.807, 2.05) is 38.1 Å². The summed E-state index contributed by atoms with van der Waals surface area (Å²) in [5.74, 6) is 0.554. The number of hydrogen-bond acceptors (Lipinski definition) is 7. The first-order chi connectivity index (χ1) is 15.0. The first kappa shape index (κ1) is 22.0. The average Bonchev–Trinajstić information content (AvgIpc) is 2.98. The number of nitrogens with zero attached hydrogens (tertiary/aromatic N) is 4. The third-order valence-electron chi connectivity index (χ3n) is 6.28. The molecule has 31 heavy (non-hydrogen) atoms. The fourth-order valence-electron chi connectivity index (χ4n) is 4.34. The van der Waals surface area contributed by atoms with Crippen molar-refractivity contribution in [3.05, 3.63) is 29.8 Å². The van der Waals surface area contributed by atoms with Gasteiger partial charge in [-0.3, -0.25) is 19.5 Å². The SMILES string of the molecule is CCOc1ccc([C@]2(C)C(=O)N(CN3CCOCC3)C(=O)N2CN2CCOCC2)cc1. The van der Waals surface area contributed by atoms with Crippen molar-refractivity contribution in [2.45, 2.75) is 19.4 Å². The summed E-state index contributed by atoms with van der Waals surface area (Å²) in [5, 5.41) is 0. The van der Waals surface area contributed by atoms with E-state index in [0.29, 0.717) is 52.8 Å². The number of ether oxygens (including phenoxy) is 3. The van der Waals surface area contributed by atoms with Crippen LogP contribution in [0.15, 0.2) is 24.3 Å². The maximum atomic E-state index is 13.7. The molecule has 4 rings (SSSR count). The van der Waals surface area contributed by atoms with Gasteiger partial charge in [0.2, 0.25) is 0 Å². The zero-order chi connectivity index (χ0) is 21.8. The molecule has 9 nitrogen and oxygen atoms in total. The Hall–Kier alpha value is -2.20. The van der Waals surface area contributed by atoms with Crippen molar-refractivity contribution in [2.75, 3.05) is 72.6 Å². The smallest absolute Gasteiger partial charge is 0.330 e. The van der Waals surface area contributed by atoms with Crippen molar-refractivity contribution in [1.29, 1.82) is 0 Å². The molecule has 9 heteroatoms. The molecule has 1 aromatic carbocycles. The van der Waals surface area contributed by atoms with Crippen LogP contribution in [-0.4, -0.2) is 104 Å². The van der Waals surface area contributed by atoms with Gasteiger partial charge < -0.3 is 14.2 Å². The van der Waals surface area contributed by atoms with E-state index in [1.54, 1.807) is 4.90 Å². The lowest BCUT2D eigenvalue weighted by atomic mass is 9.90. The van der Waals surface area contributed by atoms with Crippen LogP contribution < -0.4 is 4.74 Å². The molecule has 3 amide bonds. The molecule has 0 saturated carbocycles. The highest BCUT2D eigenvalue weighted by atomic mass is 16.5. The van der Waals surface area contributed by atoms with E-state index in [0.717, 1.165) is 24.4 Å². The summed E-state index contributed by atoms with van der Waals surface area (Å²) in [4.78, 5) is 34.6. The Morgan fingerprint density at radius 2 is 1.45 bits per heavy atom. The molecular formula is C22H32N4O5. The van der Waals surface area contributed by atoms with E-state index >= 15 is 0 Å². The molecule has 0 N–H and O–H groups in total. The number of morpholine rings is 2. The molecule has 3 aliphatic heterocycles. The van der Waals surface area contributed by atoms with Gasteiger partial charge in [0, 0.05) is 26.2 Å². The summed E-state index contributed by atoms with van der Waals surface area (Å²) >= 11 is 0. The van der Waals surface area contributed by atoms with Crippen LogP contribution in [0.2, 0.25) is 0 Å². The summed E-state index contributed by atoms with van der Waals surface area (Å²) in [5.41, 5.74) is -0.293.